The summed E-state index contributed by atoms with van der Waals surface area (Å²) in [5.41, 5.74) is 0.579. The average Bonchev–Trinajstić information content (AvgIpc) is 2.67. The number of allylic oxidation sites excluding steroid dienone is 1. The minimum absolute atomic E-state index is 0.0456. The maximum atomic E-state index is 11.7. The number of rotatable bonds is 4. The van der Waals surface area contributed by atoms with E-state index >= 15 is 0 Å². The Morgan fingerprint density at radius 2 is 2.17 bits per heavy atom. The molecule has 0 aliphatic carbocycles. The minimum Gasteiger partial charge on any atom is -0.445 e. The molecule has 1 heterocycles. The number of nitrogens with zero attached hydrogens (tertiary/aromatic N) is 1. The second-order valence-electron chi connectivity index (χ2n) is 4.38. The van der Waals surface area contributed by atoms with Crippen LogP contribution in [0.3, 0.4) is 0 Å². The number of hydrogen-bond acceptors (Lipinski definition) is 4. The van der Waals surface area contributed by atoms with Crippen molar-refractivity contribution in [2.45, 2.75) is 32.4 Å². The van der Waals surface area contributed by atoms with Gasteiger partial charge in [0.25, 0.3) is 0 Å². The van der Waals surface area contributed by atoms with Gasteiger partial charge in [0.15, 0.2) is 5.78 Å². The smallest absolute Gasteiger partial charge is 0.410 e. The quantitative estimate of drug-likeness (QED) is 0.605. The predicted molar refractivity (Wildman–Crippen MR) is 67.1 cm³/mol. The largest absolute Gasteiger partial charge is 0.445 e. The summed E-state index contributed by atoms with van der Waals surface area (Å²) in [5, 5.41) is 9.61. The maximum absolute atomic E-state index is 11.7. The van der Waals surface area contributed by atoms with Gasteiger partial charge in [0.1, 0.15) is 6.61 Å². The highest BCUT2D eigenvalue weighted by Gasteiger charge is 2.34. The highest BCUT2D eigenvalue weighted by molar-refractivity contribution is 5.92. The summed E-state index contributed by atoms with van der Waals surface area (Å²) in [4.78, 5) is 24.4. The van der Waals surface area contributed by atoms with Gasteiger partial charge in [0.2, 0.25) is 0 Å². The van der Waals surface area contributed by atoms with Gasteiger partial charge < -0.3 is 9.84 Å². The fourth-order valence-electron chi connectivity index (χ4n) is 1.83. The van der Waals surface area contributed by atoms with Crippen molar-refractivity contribution in [1.82, 2.24) is 4.90 Å². The van der Waals surface area contributed by atoms with Crippen molar-refractivity contribution in [2.75, 3.05) is 13.2 Å². The number of likely N-dealkylation sites (tertiary alicyclic amines) is 1. The third-order valence-electron chi connectivity index (χ3n) is 2.88. The second kappa shape index (κ2) is 6.35. The molecule has 1 aliphatic heterocycles. The van der Waals surface area contributed by atoms with Crippen LogP contribution in [0.25, 0.3) is 0 Å². The van der Waals surface area contributed by atoms with E-state index in [9.17, 15) is 14.7 Å². The van der Waals surface area contributed by atoms with Crippen LogP contribution in [-0.4, -0.2) is 47.2 Å². The molecule has 1 saturated heterocycles. The molecule has 0 saturated carbocycles. The summed E-state index contributed by atoms with van der Waals surface area (Å²) in [5.74, 6) is -0.0456. The lowest BCUT2D eigenvalue weighted by molar-refractivity contribution is -0.113. The van der Waals surface area contributed by atoms with Crippen molar-refractivity contribution >= 4 is 11.9 Å². The molecule has 0 aromatic heterocycles. The van der Waals surface area contributed by atoms with Crippen LogP contribution in [0.5, 0.6) is 0 Å². The van der Waals surface area contributed by atoms with Crippen LogP contribution in [0.15, 0.2) is 24.3 Å². The first-order chi connectivity index (χ1) is 8.45. The standard InChI is InChI=1S/C13H19NO4/c1-4-5-18-13(17)14-8-12(16)7-11(14)6-9(2)10(3)15/h4,6,11-12,16H,1,5,7-8H2,2-3H3/t11-,12+/m1/s1. The van der Waals surface area contributed by atoms with E-state index in [0.29, 0.717) is 12.0 Å². The highest BCUT2D eigenvalue weighted by atomic mass is 16.6. The van der Waals surface area contributed by atoms with Gasteiger partial charge in [0.05, 0.1) is 18.7 Å². The number of aliphatic hydroxyl groups excluding tert-OH is 1. The molecule has 100 valence electrons. The lowest BCUT2D eigenvalue weighted by Gasteiger charge is -2.21. The minimum atomic E-state index is -0.581. The number of β-amino-alcohol motifs (C(OH)–C–C–N with tert-alkyl or cyclic N) is 1. The molecule has 0 spiro atoms. The molecule has 1 amide bonds. The van der Waals surface area contributed by atoms with E-state index in [0.717, 1.165) is 0 Å². The van der Waals surface area contributed by atoms with Gasteiger partial charge in [0, 0.05) is 0 Å². The fraction of sp³-hybridized carbons (Fsp3) is 0.538. The van der Waals surface area contributed by atoms with Crippen molar-refractivity contribution in [3.63, 3.8) is 0 Å². The number of hydrogen-bond donors (Lipinski definition) is 1. The predicted octanol–water partition coefficient (Wildman–Crippen LogP) is 1.28. The number of aliphatic hydroxyl groups is 1. The summed E-state index contributed by atoms with van der Waals surface area (Å²) in [6.07, 6.45) is 2.53. The second-order valence-corrected chi connectivity index (χ2v) is 4.38. The number of Topliss-reactive ketones (excluding diaryl/α,β-unsaturated/α-hetero) is 1. The van der Waals surface area contributed by atoms with Gasteiger partial charge in [-0.1, -0.05) is 18.7 Å². The van der Waals surface area contributed by atoms with Gasteiger partial charge in [-0.05, 0) is 25.8 Å². The van der Waals surface area contributed by atoms with Gasteiger partial charge >= 0.3 is 6.09 Å². The summed E-state index contributed by atoms with van der Waals surface area (Å²) in [7, 11) is 0. The first kappa shape index (κ1) is 14.4. The molecule has 0 radical (unpaired) electrons. The first-order valence-electron chi connectivity index (χ1n) is 5.87. The molecule has 1 N–H and O–H groups in total. The summed E-state index contributed by atoms with van der Waals surface area (Å²) >= 11 is 0. The van der Waals surface area contributed by atoms with Crippen LogP contribution in [0.4, 0.5) is 4.79 Å². The normalized spacial score (nSPS) is 23.9. The Kier molecular flexibility index (Phi) is 5.09. The van der Waals surface area contributed by atoms with Crippen molar-refractivity contribution in [3.8, 4) is 0 Å². The highest BCUT2D eigenvalue weighted by Crippen LogP contribution is 2.21. The van der Waals surface area contributed by atoms with Crippen LogP contribution >= 0.6 is 0 Å². The van der Waals surface area contributed by atoms with Crippen LogP contribution in [0.2, 0.25) is 0 Å². The molecule has 1 aliphatic rings. The number of ether oxygens (including phenoxy) is 1. The van der Waals surface area contributed by atoms with Crippen molar-refractivity contribution in [3.05, 3.63) is 24.3 Å². The maximum Gasteiger partial charge on any atom is 0.410 e. The van der Waals surface area contributed by atoms with E-state index < -0.39 is 12.2 Å². The zero-order valence-electron chi connectivity index (χ0n) is 10.8. The first-order valence-corrected chi connectivity index (χ1v) is 5.87. The van der Waals surface area contributed by atoms with Crippen molar-refractivity contribution in [2.24, 2.45) is 0 Å². The molecule has 0 aromatic rings. The third-order valence-corrected chi connectivity index (χ3v) is 2.88. The Balaban J connectivity index is 2.76. The zero-order valence-corrected chi connectivity index (χ0v) is 10.8. The molecule has 2 atom stereocenters. The van der Waals surface area contributed by atoms with Crippen molar-refractivity contribution in [1.29, 1.82) is 0 Å². The van der Waals surface area contributed by atoms with Gasteiger partial charge in [-0.15, -0.1) is 0 Å². The molecule has 5 nitrogen and oxygen atoms in total. The molecule has 18 heavy (non-hydrogen) atoms. The molecule has 1 fully saturated rings. The molecular weight excluding hydrogens is 234 g/mol. The van der Waals surface area contributed by atoms with Gasteiger partial charge in [-0.2, -0.15) is 0 Å². The monoisotopic (exact) mass is 253 g/mol. The number of amides is 1. The van der Waals surface area contributed by atoms with Gasteiger partial charge in [-0.3, -0.25) is 9.69 Å². The van der Waals surface area contributed by atoms with Crippen LogP contribution in [0.1, 0.15) is 20.3 Å². The zero-order chi connectivity index (χ0) is 13.7. The lowest BCUT2D eigenvalue weighted by Crippen LogP contribution is -2.35. The molecule has 0 unspecified atom stereocenters. The molecule has 0 aromatic carbocycles. The molecule has 0 bridgehead atoms. The number of ketones is 1. The fourth-order valence-corrected chi connectivity index (χ4v) is 1.83. The van der Waals surface area contributed by atoms with Crippen LogP contribution in [-0.2, 0) is 9.53 Å². The van der Waals surface area contributed by atoms with E-state index in [1.54, 1.807) is 13.0 Å². The van der Waals surface area contributed by atoms with E-state index in [4.69, 9.17) is 4.74 Å². The molecule has 5 heteroatoms. The Morgan fingerprint density at radius 3 is 2.72 bits per heavy atom. The van der Waals surface area contributed by atoms with E-state index in [1.165, 1.54) is 17.9 Å². The summed E-state index contributed by atoms with van der Waals surface area (Å²) in [6.45, 7) is 6.98. The Morgan fingerprint density at radius 1 is 1.50 bits per heavy atom. The van der Waals surface area contributed by atoms with Gasteiger partial charge in [-0.25, -0.2) is 4.79 Å². The Bertz CT molecular complexity index is 375. The van der Waals surface area contributed by atoms with Crippen LogP contribution in [0, 0.1) is 0 Å². The SMILES string of the molecule is C=CCOC(=O)N1C[C@@H](O)C[C@H]1C=C(C)C(C)=O. The van der Waals surface area contributed by atoms with E-state index in [1.807, 2.05) is 0 Å². The average molecular weight is 253 g/mol. The summed E-state index contributed by atoms with van der Waals surface area (Å²) in [6, 6.07) is -0.291. The van der Waals surface area contributed by atoms with Crippen LogP contribution < -0.4 is 0 Å². The molecular formula is C13H19NO4. The number of carbonyl (C=O) groups excluding carboxylic acids is 2. The summed E-state index contributed by atoms with van der Waals surface area (Å²) < 4.78 is 4.94. The van der Waals surface area contributed by atoms with Crippen molar-refractivity contribution < 1.29 is 19.4 Å². The number of carbonyl (C=O) groups is 2. The topological polar surface area (TPSA) is 66.8 Å². The van der Waals surface area contributed by atoms with E-state index in [-0.39, 0.29) is 25.0 Å². The third kappa shape index (κ3) is 3.70. The Hall–Kier alpha value is -1.62. The molecule has 1 rings (SSSR count). The lowest BCUT2D eigenvalue weighted by atomic mass is 10.1. The van der Waals surface area contributed by atoms with E-state index in [2.05, 4.69) is 6.58 Å². The Labute approximate surface area is 107 Å².